The van der Waals surface area contributed by atoms with Crippen LogP contribution in [-0.2, 0) is 4.79 Å². The van der Waals surface area contributed by atoms with E-state index in [1.54, 1.807) is 0 Å². The van der Waals surface area contributed by atoms with Gasteiger partial charge < -0.3 is 9.64 Å². The number of nitrogens with zero attached hydrogens (tertiary/aromatic N) is 1. The molecule has 1 fully saturated rings. The Morgan fingerprint density at radius 1 is 1.23 bits per heavy atom. The first-order valence-electron chi connectivity index (χ1n) is 7.86. The monoisotopic (exact) mass is 343 g/mol. The van der Waals surface area contributed by atoms with E-state index in [1.807, 2.05) is 24.3 Å². The fourth-order valence-electron chi connectivity index (χ4n) is 2.80. The minimum Gasteiger partial charge on any atom is -0.494 e. The molecule has 0 aromatic heterocycles. The highest BCUT2D eigenvalue weighted by Crippen LogP contribution is 2.21. The van der Waals surface area contributed by atoms with Gasteiger partial charge in [-0.3, -0.25) is 4.79 Å². The number of carbonyl (C=O) groups is 1. The molecule has 5 heteroatoms. The van der Waals surface area contributed by atoms with Crippen molar-refractivity contribution in [1.29, 1.82) is 0 Å². The fraction of sp³-hybridized carbons (Fsp3) is 0.588. The molecule has 1 saturated heterocycles. The summed E-state index contributed by atoms with van der Waals surface area (Å²) in [5, 5.41) is 0.725. The van der Waals surface area contributed by atoms with Crippen molar-refractivity contribution in [1.82, 2.24) is 4.90 Å². The molecule has 0 radical (unpaired) electrons. The Morgan fingerprint density at radius 2 is 1.91 bits per heavy atom. The normalized spacial score (nSPS) is 16.6. The smallest absolute Gasteiger partial charge is 0.147 e. The molecule has 0 unspecified atom stereocenters. The molecule has 1 aromatic carbocycles. The van der Waals surface area contributed by atoms with E-state index >= 15 is 0 Å². The van der Waals surface area contributed by atoms with Crippen LogP contribution in [0.5, 0.6) is 5.75 Å². The van der Waals surface area contributed by atoms with Crippen LogP contribution in [0.4, 0.5) is 0 Å². The Morgan fingerprint density at radius 3 is 2.55 bits per heavy atom. The van der Waals surface area contributed by atoms with Crippen LogP contribution in [0.15, 0.2) is 24.3 Å². The quantitative estimate of drug-likeness (QED) is 0.527. The van der Waals surface area contributed by atoms with Gasteiger partial charge in [-0.15, -0.1) is 11.6 Å². The number of piperidine rings is 1. The van der Waals surface area contributed by atoms with Crippen LogP contribution in [0.3, 0.4) is 0 Å². The standard InChI is InChI=1S/C17H23Cl2NO2/c18-13-16(21)12-14-6-9-20(10-7-14)8-1-11-22-17-4-2-15(19)3-5-17/h2-5,14H,1,6-13H2. The number of likely N-dealkylation sites (tertiary alicyclic amines) is 1. The highest BCUT2D eigenvalue weighted by Gasteiger charge is 2.20. The Hall–Kier alpha value is -0.770. The fourth-order valence-corrected chi connectivity index (χ4v) is 3.03. The summed E-state index contributed by atoms with van der Waals surface area (Å²) >= 11 is 11.4. The van der Waals surface area contributed by atoms with Crippen LogP contribution in [0, 0.1) is 5.92 Å². The second-order valence-corrected chi connectivity index (χ2v) is 6.52. The third-order valence-corrected chi connectivity index (χ3v) is 4.62. The van der Waals surface area contributed by atoms with Crippen LogP contribution in [-0.4, -0.2) is 42.8 Å². The molecule has 0 N–H and O–H groups in total. The first-order valence-corrected chi connectivity index (χ1v) is 8.77. The summed E-state index contributed by atoms with van der Waals surface area (Å²) < 4.78 is 5.70. The second-order valence-electron chi connectivity index (χ2n) is 5.82. The lowest BCUT2D eigenvalue weighted by atomic mass is 9.92. The average molecular weight is 344 g/mol. The molecule has 22 heavy (non-hydrogen) atoms. The Bertz CT molecular complexity index is 456. The highest BCUT2D eigenvalue weighted by atomic mass is 35.5. The molecule has 0 spiro atoms. The number of hydrogen-bond donors (Lipinski definition) is 0. The largest absolute Gasteiger partial charge is 0.494 e. The number of benzene rings is 1. The van der Waals surface area contributed by atoms with Gasteiger partial charge in [-0.1, -0.05) is 11.6 Å². The third kappa shape index (κ3) is 6.15. The minimum absolute atomic E-state index is 0.155. The minimum atomic E-state index is 0.155. The van der Waals surface area contributed by atoms with Crippen molar-refractivity contribution in [2.75, 3.05) is 32.1 Å². The van der Waals surface area contributed by atoms with E-state index in [9.17, 15) is 4.79 Å². The van der Waals surface area contributed by atoms with Gasteiger partial charge in [0.05, 0.1) is 12.5 Å². The van der Waals surface area contributed by atoms with Crippen molar-refractivity contribution in [3.63, 3.8) is 0 Å². The molecule has 2 rings (SSSR count). The topological polar surface area (TPSA) is 29.5 Å². The van der Waals surface area contributed by atoms with E-state index in [2.05, 4.69) is 4.90 Å². The highest BCUT2D eigenvalue weighted by molar-refractivity contribution is 6.30. The van der Waals surface area contributed by atoms with Crippen molar-refractivity contribution >= 4 is 29.0 Å². The van der Waals surface area contributed by atoms with Crippen molar-refractivity contribution in [2.45, 2.75) is 25.7 Å². The number of halogens is 2. The molecule has 122 valence electrons. The van der Waals surface area contributed by atoms with Crippen molar-refractivity contribution in [3.8, 4) is 5.75 Å². The summed E-state index contributed by atoms with van der Waals surface area (Å²) in [4.78, 5) is 13.8. The van der Waals surface area contributed by atoms with Crippen LogP contribution in [0.25, 0.3) is 0 Å². The number of ketones is 1. The van der Waals surface area contributed by atoms with Crippen molar-refractivity contribution in [2.24, 2.45) is 5.92 Å². The number of rotatable bonds is 8. The maximum atomic E-state index is 11.4. The summed E-state index contributed by atoms with van der Waals surface area (Å²) in [5.74, 6) is 1.72. The van der Waals surface area contributed by atoms with E-state index in [0.29, 0.717) is 18.9 Å². The second kappa shape index (κ2) is 9.39. The molecule has 0 saturated carbocycles. The molecule has 1 aliphatic heterocycles. The predicted octanol–water partition coefficient (Wildman–Crippen LogP) is 4.02. The van der Waals surface area contributed by atoms with Crippen molar-refractivity contribution < 1.29 is 9.53 Å². The molecule has 1 aromatic rings. The van der Waals surface area contributed by atoms with Gasteiger partial charge in [0.15, 0.2) is 0 Å². The molecule has 3 nitrogen and oxygen atoms in total. The van der Waals surface area contributed by atoms with Gasteiger partial charge in [0, 0.05) is 18.0 Å². The van der Waals surface area contributed by atoms with Crippen LogP contribution >= 0.6 is 23.2 Å². The van der Waals surface area contributed by atoms with Crippen LogP contribution in [0.1, 0.15) is 25.7 Å². The van der Waals surface area contributed by atoms with Crippen LogP contribution in [0.2, 0.25) is 5.02 Å². The average Bonchev–Trinajstić information content (AvgIpc) is 2.54. The number of hydrogen-bond acceptors (Lipinski definition) is 3. The molecule has 1 heterocycles. The Labute approximate surface area is 142 Å². The van der Waals surface area contributed by atoms with Gasteiger partial charge in [-0.25, -0.2) is 0 Å². The molecule has 0 bridgehead atoms. The summed E-state index contributed by atoms with van der Waals surface area (Å²) in [5.41, 5.74) is 0. The zero-order valence-corrected chi connectivity index (χ0v) is 14.3. The van der Waals surface area contributed by atoms with E-state index in [-0.39, 0.29) is 11.7 Å². The van der Waals surface area contributed by atoms with Gasteiger partial charge in [0.1, 0.15) is 11.5 Å². The summed E-state index contributed by atoms with van der Waals surface area (Å²) in [7, 11) is 0. The van der Waals surface area contributed by atoms with Gasteiger partial charge in [-0.2, -0.15) is 0 Å². The number of ether oxygens (including phenoxy) is 1. The zero-order valence-electron chi connectivity index (χ0n) is 12.8. The molecular formula is C17H23Cl2NO2. The number of Topliss-reactive ketones (excluding diaryl/α,β-unsaturated/α-hetero) is 1. The van der Waals surface area contributed by atoms with E-state index in [0.717, 1.165) is 49.7 Å². The summed E-state index contributed by atoms with van der Waals surface area (Å²) in [6.07, 6.45) is 3.85. The molecule has 0 aliphatic carbocycles. The summed E-state index contributed by atoms with van der Waals surface area (Å²) in [6, 6.07) is 7.46. The van der Waals surface area contributed by atoms with E-state index in [1.165, 1.54) is 0 Å². The van der Waals surface area contributed by atoms with Gasteiger partial charge in [-0.05, 0) is 62.5 Å². The zero-order chi connectivity index (χ0) is 15.8. The SMILES string of the molecule is O=C(CCl)CC1CCN(CCCOc2ccc(Cl)cc2)CC1. The number of alkyl halides is 1. The lowest BCUT2D eigenvalue weighted by molar-refractivity contribution is -0.117. The third-order valence-electron chi connectivity index (χ3n) is 4.07. The maximum Gasteiger partial charge on any atom is 0.147 e. The summed E-state index contributed by atoms with van der Waals surface area (Å²) in [6.45, 7) is 3.90. The lowest BCUT2D eigenvalue weighted by Gasteiger charge is -2.31. The van der Waals surface area contributed by atoms with Crippen molar-refractivity contribution in [3.05, 3.63) is 29.3 Å². The Balaban J connectivity index is 1.57. The predicted molar refractivity (Wildman–Crippen MR) is 91.1 cm³/mol. The lowest BCUT2D eigenvalue weighted by Crippen LogP contribution is -2.35. The molecular weight excluding hydrogens is 321 g/mol. The molecule has 0 amide bonds. The first-order chi connectivity index (χ1) is 10.7. The Kier molecular flexibility index (Phi) is 7.50. The van der Waals surface area contributed by atoms with Gasteiger partial charge in [0.2, 0.25) is 0 Å². The number of carbonyl (C=O) groups excluding carboxylic acids is 1. The molecule has 0 atom stereocenters. The maximum absolute atomic E-state index is 11.4. The van der Waals surface area contributed by atoms with Gasteiger partial charge >= 0.3 is 0 Å². The van der Waals surface area contributed by atoms with E-state index < -0.39 is 0 Å². The van der Waals surface area contributed by atoms with E-state index in [4.69, 9.17) is 27.9 Å². The van der Waals surface area contributed by atoms with Gasteiger partial charge in [0.25, 0.3) is 0 Å². The first kappa shape index (κ1) is 17.6. The van der Waals surface area contributed by atoms with Crippen LogP contribution < -0.4 is 4.74 Å². The molecule has 1 aliphatic rings.